The Bertz CT molecular complexity index is 375. The summed E-state index contributed by atoms with van der Waals surface area (Å²) in [5.74, 6) is 3.06. The van der Waals surface area contributed by atoms with Crippen molar-refractivity contribution in [3.8, 4) is 0 Å². The van der Waals surface area contributed by atoms with Gasteiger partial charge >= 0.3 is 0 Å². The molecule has 0 aromatic carbocycles. The van der Waals surface area contributed by atoms with Crippen molar-refractivity contribution in [1.82, 2.24) is 0 Å². The lowest BCUT2D eigenvalue weighted by atomic mass is 9.70. The van der Waals surface area contributed by atoms with Crippen molar-refractivity contribution < 1.29 is 4.79 Å². The number of nitrogens with zero attached hydrogens (tertiary/aromatic N) is 1. The Hall–Kier alpha value is -0.620. The Morgan fingerprint density at radius 3 is 2.04 bits per heavy atom. The lowest BCUT2D eigenvalue weighted by Gasteiger charge is -2.36. The standard InChI is InChI=1S/C25H47NO/c1-3-5-6-7-11-14-17-25-19-18-23(21-24(25)4-2)16-13-10-8-9-12-15-20-26-22-27/h23-25H,3-21H2,1-2H3. The van der Waals surface area contributed by atoms with E-state index >= 15 is 0 Å². The Balaban J connectivity index is 2.04. The number of hydrogen-bond donors (Lipinski definition) is 0. The van der Waals surface area contributed by atoms with Crippen LogP contribution in [0.3, 0.4) is 0 Å². The predicted octanol–water partition coefficient (Wildman–Crippen LogP) is 8.25. The summed E-state index contributed by atoms with van der Waals surface area (Å²) < 4.78 is 0. The molecule has 1 fully saturated rings. The molecular weight excluding hydrogens is 330 g/mol. The fourth-order valence-corrected chi connectivity index (χ4v) is 5.13. The van der Waals surface area contributed by atoms with Gasteiger partial charge in [0, 0.05) is 0 Å². The van der Waals surface area contributed by atoms with Crippen LogP contribution < -0.4 is 0 Å². The minimum atomic E-state index is 0.671. The van der Waals surface area contributed by atoms with Gasteiger partial charge in [-0.25, -0.2) is 9.79 Å². The minimum Gasteiger partial charge on any atom is -0.211 e. The number of aliphatic imine (C=N–C) groups is 1. The van der Waals surface area contributed by atoms with E-state index in [1.807, 2.05) is 0 Å². The van der Waals surface area contributed by atoms with Gasteiger partial charge in [-0.1, -0.05) is 110 Å². The van der Waals surface area contributed by atoms with E-state index in [0.29, 0.717) is 6.54 Å². The van der Waals surface area contributed by atoms with E-state index in [0.717, 1.165) is 24.2 Å². The monoisotopic (exact) mass is 377 g/mol. The highest BCUT2D eigenvalue weighted by molar-refractivity contribution is 5.32. The first-order valence-electron chi connectivity index (χ1n) is 12.3. The maximum atomic E-state index is 10.0. The lowest BCUT2D eigenvalue weighted by Crippen LogP contribution is -2.24. The number of isocyanates is 1. The van der Waals surface area contributed by atoms with Gasteiger partial charge in [0.1, 0.15) is 0 Å². The molecule has 1 saturated carbocycles. The SMILES string of the molecule is CCCCCCCCC1CCC(CCCCCCCCN=C=O)CC1CC. The largest absolute Gasteiger partial charge is 0.234 e. The van der Waals surface area contributed by atoms with E-state index in [-0.39, 0.29) is 0 Å². The highest BCUT2D eigenvalue weighted by Crippen LogP contribution is 2.40. The maximum absolute atomic E-state index is 10.0. The minimum absolute atomic E-state index is 0.671. The third-order valence-electron chi connectivity index (χ3n) is 6.90. The molecule has 1 rings (SSSR count). The van der Waals surface area contributed by atoms with Gasteiger partial charge in [0.2, 0.25) is 6.08 Å². The zero-order chi connectivity index (χ0) is 19.6. The fraction of sp³-hybridized carbons (Fsp3) is 0.960. The van der Waals surface area contributed by atoms with Crippen molar-refractivity contribution in [1.29, 1.82) is 0 Å². The van der Waals surface area contributed by atoms with Crippen molar-refractivity contribution in [3.05, 3.63) is 0 Å². The first-order chi connectivity index (χ1) is 13.3. The van der Waals surface area contributed by atoms with Crippen LogP contribution in [0.1, 0.15) is 129 Å². The first-order valence-corrected chi connectivity index (χ1v) is 12.3. The first kappa shape index (κ1) is 24.4. The molecule has 0 amide bonds. The molecule has 2 heteroatoms. The second-order valence-electron chi connectivity index (χ2n) is 9.05. The summed E-state index contributed by atoms with van der Waals surface area (Å²) in [7, 11) is 0. The number of carbonyl (C=O) groups excluding carboxylic acids is 1. The smallest absolute Gasteiger partial charge is 0.211 e. The molecule has 0 N–H and O–H groups in total. The Morgan fingerprint density at radius 1 is 0.741 bits per heavy atom. The van der Waals surface area contributed by atoms with Gasteiger partial charge in [0.05, 0.1) is 6.54 Å². The second-order valence-corrected chi connectivity index (χ2v) is 9.05. The van der Waals surface area contributed by atoms with Crippen LogP contribution in [0.25, 0.3) is 0 Å². The quantitative estimate of drug-likeness (QED) is 0.142. The van der Waals surface area contributed by atoms with Crippen molar-refractivity contribution in [2.45, 2.75) is 129 Å². The molecule has 0 aromatic rings. The summed E-state index contributed by atoms with van der Waals surface area (Å²) in [4.78, 5) is 13.6. The van der Waals surface area contributed by atoms with Gasteiger partial charge in [0.15, 0.2) is 0 Å². The molecule has 0 spiro atoms. The van der Waals surface area contributed by atoms with E-state index in [1.165, 1.54) is 109 Å². The summed E-state index contributed by atoms with van der Waals surface area (Å²) >= 11 is 0. The zero-order valence-electron chi connectivity index (χ0n) is 18.5. The highest BCUT2D eigenvalue weighted by Gasteiger charge is 2.28. The number of rotatable bonds is 17. The molecule has 2 nitrogen and oxygen atoms in total. The summed E-state index contributed by atoms with van der Waals surface area (Å²) in [5.41, 5.74) is 0. The predicted molar refractivity (Wildman–Crippen MR) is 118 cm³/mol. The molecule has 0 radical (unpaired) electrons. The third-order valence-corrected chi connectivity index (χ3v) is 6.90. The molecular formula is C25H47NO. The summed E-state index contributed by atoms with van der Waals surface area (Å²) in [6.07, 6.45) is 26.9. The van der Waals surface area contributed by atoms with Crippen molar-refractivity contribution in [2.24, 2.45) is 22.7 Å². The number of unbranched alkanes of at least 4 members (excludes halogenated alkanes) is 10. The normalized spacial score (nSPS) is 22.5. The van der Waals surface area contributed by atoms with E-state index in [9.17, 15) is 4.79 Å². The number of hydrogen-bond acceptors (Lipinski definition) is 2. The van der Waals surface area contributed by atoms with Crippen molar-refractivity contribution in [2.75, 3.05) is 6.54 Å². The van der Waals surface area contributed by atoms with E-state index < -0.39 is 0 Å². The molecule has 0 saturated heterocycles. The van der Waals surface area contributed by atoms with Gasteiger partial charge in [-0.15, -0.1) is 0 Å². The molecule has 3 unspecified atom stereocenters. The highest BCUT2D eigenvalue weighted by atomic mass is 16.1. The molecule has 1 aliphatic carbocycles. The summed E-state index contributed by atoms with van der Waals surface area (Å²) in [6.45, 7) is 5.40. The summed E-state index contributed by atoms with van der Waals surface area (Å²) in [6, 6.07) is 0. The van der Waals surface area contributed by atoms with E-state index in [2.05, 4.69) is 18.8 Å². The average molecular weight is 378 g/mol. The van der Waals surface area contributed by atoms with Crippen LogP contribution >= 0.6 is 0 Å². The van der Waals surface area contributed by atoms with Gasteiger partial charge in [-0.2, -0.15) is 0 Å². The van der Waals surface area contributed by atoms with E-state index in [4.69, 9.17) is 0 Å². The second kappa shape index (κ2) is 17.5. The topological polar surface area (TPSA) is 29.4 Å². The van der Waals surface area contributed by atoms with Gasteiger partial charge in [0.25, 0.3) is 0 Å². The fourth-order valence-electron chi connectivity index (χ4n) is 5.13. The molecule has 3 atom stereocenters. The molecule has 0 bridgehead atoms. The Morgan fingerprint density at radius 2 is 1.37 bits per heavy atom. The maximum Gasteiger partial charge on any atom is 0.234 e. The average Bonchev–Trinajstić information content (AvgIpc) is 2.70. The van der Waals surface area contributed by atoms with Crippen LogP contribution in [0.5, 0.6) is 0 Å². The van der Waals surface area contributed by atoms with Crippen LogP contribution in [-0.2, 0) is 4.79 Å². The van der Waals surface area contributed by atoms with Crippen LogP contribution in [0.2, 0.25) is 0 Å². The molecule has 1 aliphatic rings. The molecule has 27 heavy (non-hydrogen) atoms. The van der Waals surface area contributed by atoms with Crippen LogP contribution in [0, 0.1) is 17.8 Å². The van der Waals surface area contributed by atoms with Crippen LogP contribution in [0.4, 0.5) is 0 Å². The third kappa shape index (κ3) is 12.5. The Kier molecular flexibility index (Phi) is 15.8. The molecule has 0 aliphatic heterocycles. The Labute approximate surface area is 170 Å². The summed E-state index contributed by atoms with van der Waals surface area (Å²) in [5, 5.41) is 0. The van der Waals surface area contributed by atoms with Gasteiger partial charge in [-0.3, -0.25) is 0 Å². The molecule has 0 aromatic heterocycles. The lowest BCUT2D eigenvalue weighted by molar-refractivity contribution is 0.154. The molecule has 0 heterocycles. The van der Waals surface area contributed by atoms with Gasteiger partial charge in [-0.05, 0) is 37.0 Å². The van der Waals surface area contributed by atoms with Crippen LogP contribution in [-0.4, -0.2) is 12.6 Å². The van der Waals surface area contributed by atoms with E-state index in [1.54, 1.807) is 6.08 Å². The van der Waals surface area contributed by atoms with Gasteiger partial charge < -0.3 is 0 Å². The van der Waals surface area contributed by atoms with Crippen LogP contribution in [0.15, 0.2) is 4.99 Å². The zero-order valence-corrected chi connectivity index (χ0v) is 18.5. The molecule has 158 valence electrons. The van der Waals surface area contributed by atoms with Crippen molar-refractivity contribution in [3.63, 3.8) is 0 Å². The van der Waals surface area contributed by atoms with Crippen molar-refractivity contribution >= 4 is 6.08 Å².